The number of amides is 1. The second kappa shape index (κ2) is 45.0. The third-order valence-electron chi connectivity index (χ3n) is 10.9. The molecule has 0 rings (SSSR count). The molecule has 0 aromatic carbocycles. The molecule has 0 aliphatic rings. The average molecular weight is 744 g/mol. The minimum atomic E-state index is -0.836. The van der Waals surface area contributed by atoms with Crippen molar-refractivity contribution in [3.8, 4) is 0 Å². The first-order chi connectivity index (χ1) is 26.2. The summed E-state index contributed by atoms with van der Waals surface area (Å²) in [5.41, 5.74) is 0. The van der Waals surface area contributed by atoms with Gasteiger partial charge in [0.15, 0.2) is 0 Å². The molecule has 1 amide bonds. The molecule has 4 nitrogen and oxygen atoms in total. The Morgan fingerprint density at radius 2 is 0.774 bits per heavy atom. The van der Waals surface area contributed by atoms with E-state index < -0.39 is 12.1 Å². The van der Waals surface area contributed by atoms with Crippen LogP contribution in [0.5, 0.6) is 0 Å². The maximum atomic E-state index is 12.4. The zero-order valence-electron chi connectivity index (χ0n) is 35.8. The fourth-order valence-electron chi connectivity index (χ4n) is 7.21. The van der Waals surface area contributed by atoms with Gasteiger partial charge in [0, 0.05) is 6.42 Å². The summed E-state index contributed by atoms with van der Waals surface area (Å²) >= 11 is 0. The number of allylic oxidation sites excluding steroid dienone is 5. The third-order valence-corrected chi connectivity index (χ3v) is 10.9. The van der Waals surface area contributed by atoms with Gasteiger partial charge in [0.2, 0.25) is 5.91 Å². The highest BCUT2D eigenvalue weighted by molar-refractivity contribution is 5.76. The van der Waals surface area contributed by atoms with Crippen LogP contribution in [0.1, 0.15) is 251 Å². The van der Waals surface area contributed by atoms with E-state index in [1.54, 1.807) is 6.08 Å². The quantitative estimate of drug-likeness (QED) is 0.0430. The van der Waals surface area contributed by atoms with Crippen LogP contribution in [0.25, 0.3) is 0 Å². The zero-order valence-corrected chi connectivity index (χ0v) is 35.8. The molecule has 0 spiro atoms. The molecule has 0 aromatic rings. The van der Waals surface area contributed by atoms with E-state index in [4.69, 9.17) is 0 Å². The van der Waals surface area contributed by atoms with Crippen LogP contribution in [0.2, 0.25) is 0 Å². The van der Waals surface area contributed by atoms with E-state index in [2.05, 4.69) is 43.5 Å². The molecule has 53 heavy (non-hydrogen) atoms. The van der Waals surface area contributed by atoms with Gasteiger partial charge in [-0.25, -0.2) is 0 Å². The first kappa shape index (κ1) is 51.6. The van der Waals surface area contributed by atoms with E-state index in [0.717, 1.165) is 32.1 Å². The summed E-state index contributed by atoms with van der Waals surface area (Å²) in [7, 11) is 0. The Morgan fingerprint density at radius 3 is 1.13 bits per heavy atom. The molecule has 2 unspecified atom stereocenters. The van der Waals surface area contributed by atoms with Gasteiger partial charge in [-0.05, 0) is 51.4 Å². The first-order valence-electron chi connectivity index (χ1n) is 23.7. The van der Waals surface area contributed by atoms with Gasteiger partial charge in [-0.3, -0.25) is 4.79 Å². The number of carbonyl (C=O) groups is 1. The fraction of sp³-hybridized carbons (Fsp3) is 0.857. The SMILES string of the molecule is CCCCCCC/C=C\C/C=C\CCCCCCCCCCCCCCCCCCCC(=O)NC(CO)C(O)/C=C/CCCCCCCCCCCC. The van der Waals surface area contributed by atoms with E-state index in [0.29, 0.717) is 6.42 Å². The lowest BCUT2D eigenvalue weighted by Gasteiger charge is -2.20. The number of rotatable bonds is 43. The van der Waals surface area contributed by atoms with Gasteiger partial charge >= 0.3 is 0 Å². The van der Waals surface area contributed by atoms with Gasteiger partial charge in [-0.2, -0.15) is 0 Å². The van der Waals surface area contributed by atoms with Crippen molar-refractivity contribution in [1.82, 2.24) is 5.32 Å². The molecule has 0 aromatic heterocycles. The Hall–Kier alpha value is -1.39. The number of unbranched alkanes of at least 4 members (excludes halogenated alkanes) is 32. The molecule has 0 bridgehead atoms. The predicted octanol–water partition coefficient (Wildman–Crippen LogP) is 15.0. The lowest BCUT2D eigenvalue weighted by Crippen LogP contribution is -2.45. The van der Waals surface area contributed by atoms with E-state index in [9.17, 15) is 15.0 Å². The van der Waals surface area contributed by atoms with Crippen molar-refractivity contribution in [2.75, 3.05) is 6.61 Å². The van der Waals surface area contributed by atoms with Gasteiger partial charge in [-0.15, -0.1) is 0 Å². The van der Waals surface area contributed by atoms with Crippen molar-refractivity contribution in [3.63, 3.8) is 0 Å². The highest BCUT2D eigenvalue weighted by Crippen LogP contribution is 2.16. The molecule has 0 heterocycles. The molecule has 0 saturated carbocycles. The van der Waals surface area contributed by atoms with Gasteiger partial charge in [0.1, 0.15) is 0 Å². The average Bonchev–Trinajstić information content (AvgIpc) is 3.16. The molecule has 0 radical (unpaired) electrons. The van der Waals surface area contributed by atoms with Crippen LogP contribution in [0.3, 0.4) is 0 Å². The van der Waals surface area contributed by atoms with Crippen LogP contribution in [-0.2, 0) is 4.79 Å². The lowest BCUT2D eigenvalue weighted by molar-refractivity contribution is -0.123. The third kappa shape index (κ3) is 41.6. The van der Waals surface area contributed by atoms with Gasteiger partial charge in [0.05, 0.1) is 18.8 Å². The Morgan fingerprint density at radius 1 is 0.453 bits per heavy atom. The van der Waals surface area contributed by atoms with Gasteiger partial charge in [-0.1, -0.05) is 230 Å². The molecular weight excluding hydrogens is 651 g/mol. The standard InChI is InChI=1S/C49H93NO3/c1-3-5-7-9-11-13-15-17-18-19-20-21-22-23-24-25-26-27-28-29-30-31-32-33-35-37-39-41-43-45-49(53)50-47(46-51)48(52)44-42-40-38-36-34-16-14-12-10-8-6-4-2/h15,17,19-20,42,44,47-48,51-52H,3-14,16,18,21-41,43,45-46H2,1-2H3,(H,50,53)/b17-15-,20-19-,44-42+. The van der Waals surface area contributed by atoms with Crippen LogP contribution in [0, 0.1) is 0 Å². The second-order valence-electron chi connectivity index (χ2n) is 16.2. The summed E-state index contributed by atoms with van der Waals surface area (Å²) < 4.78 is 0. The number of aliphatic hydroxyl groups is 2. The van der Waals surface area contributed by atoms with Crippen molar-refractivity contribution in [2.24, 2.45) is 0 Å². The Kier molecular flexibility index (Phi) is 43.8. The first-order valence-corrected chi connectivity index (χ1v) is 23.7. The molecule has 0 aliphatic carbocycles. The second-order valence-corrected chi connectivity index (χ2v) is 16.2. The minimum Gasteiger partial charge on any atom is -0.394 e. The lowest BCUT2D eigenvalue weighted by atomic mass is 10.0. The van der Waals surface area contributed by atoms with Crippen molar-refractivity contribution in [3.05, 3.63) is 36.5 Å². The van der Waals surface area contributed by atoms with Crippen molar-refractivity contribution in [1.29, 1.82) is 0 Å². The van der Waals surface area contributed by atoms with Crippen molar-refractivity contribution < 1.29 is 15.0 Å². The van der Waals surface area contributed by atoms with Crippen LogP contribution in [-0.4, -0.2) is 34.9 Å². The van der Waals surface area contributed by atoms with Crippen molar-refractivity contribution >= 4 is 5.91 Å². The summed E-state index contributed by atoms with van der Waals surface area (Å²) in [6.07, 6.45) is 59.9. The number of aliphatic hydroxyl groups excluding tert-OH is 2. The smallest absolute Gasteiger partial charge is 0.220 e. The Labute approximate surface area is 331 Å². The summed E-state index contributed by atoms with van der Waals surface area (Å²) in [6.45, 7) is 4.30. The zero-order chi connectivity index (χ0) is 38.6. The molecular formula is C49H93NO3. The normalized spacial score (nSPS) is 13.2. The summed E-state index contributed by atoms with van der Waals surface area (Å²) in [6, 6.07) is -0.619. The largest absolute Gasteiger partial charge is 0.394 e. The Balaban J connectivity index is 3.46. The maximum Gasteiger partial charge on any atom is 0.220 e. The van der Waals surface area contributed by atoms with Crippen LogP contribution in [0.15, 0.2) is 36.5 Å². The Bertz CT molecular complexity index is 806. The minimum absolute atomic E-state index is 0.0629. The van der Waals surface area contributed by atoms with Crippen LogP contribution >= 0.6 is 0 Å². The topological polar surface area (TPSA) is 69.6 Å². The molecule has 0 fully saturated rings. The highest BCUT2D eigenvalue weighted by atomic mass is 16.3. The van der Waals surface area contributed by atoms with Gasteiger partial charge < -0.3 is 15.5 Å². The summed E-state index contributed by atoms with van der Waals surface area (Å²) in [4.78, 5) is 12.4. The van der Waals surface area contributed by atoms with Gasteiger partial charge in [0.25, 0.3) is 0 Å². The maximum absolute atomic E-state index is 12.4. The number of nitrogens with one attached hydrogen (secondary N) is 1. The van der Waals surface area contributed by atoms with Crippen molar-refractivity contribution in [2.45, 2.75) is 264 Å². The fourth-order valence-corrected chi connectivity index (χ4v) is 7.21. The molecule has 312 valence electrons. The van der Waals surface area contributed by atoms with E-state index in [1.165, 1.54) is 199 Å². The van der Waals surface area contributed by atoms with Crippen LogP contribution in [0.4, 0.5) is 0 Å². The molecule has 3 N–H and O–H groups in total. The summed E-state index contributed by atoms with van der Waals surface area (Å²) in [5.74, 6) is -0.0629. The molecule has 2 atom stereocenters. The molecule has 4 heteroatoms. The predicted molar refractivity (Wildman–Crippen MR) is 235 cm³/mol. The monoisotopic (exact) mass is 744 g/mol. The van der Waals surface area contributed by atoms with E-state index in [-0.39, 0.29) is 12.5 Å². The van der Waals surface area contributed by atoms with Crippen LogP contribution < -0.4 is 5.32 Å². The summed E-state index contributed by atoms with van der Waals surface area (Å²) in [5, 5.41) is 23.0. The highest BCUT2D eigenvalue weighted by Gasteiger charge is 2.17. The molecule has 0 aliphatic heterocycles. The van der Waals surface area contributed by atoms with E-state index in [1.807, 2.05) is 6.08 Å². The number of hydrogen-bond donors (Lipinski definition) is 3. The number of carbonyl (C=O) groups excluding carboxylic acids is 1. The molecule has 0 saturated heterocycles. The number of hydrogen-bond acceptors (Lipinski definition) is 3. The van der Waals surface area contributed by atoms with E-state index >= 15 is 0 Å².